The maximum absolute atomic E-state index is 12.9. The summed E-state index contributed by atoms with van der Waals surface area (Å²) in [6.45, 7) is 2.82. The van der Waals surface area contributed by atoms with Crippen molar-refractivity contribution in [3.05, 3.63) is 59.4 Å². The molecule has 0 fully saturated rings. The summed E-state index contributed by atoms with van der Waals surface area (Å²) in [4.78, 5) is 0. The van der Waals surface area contributed by atoms with Crippen LogP contribution in [0.1, 0.15) is 24.1 Å². The molecule has 0 saturated carbocycles. The second-order valence-corrected chi connectivity index (χ2v) is 5.70. The van der Waals surface area contributed by atoms with Gasteiger partial charge in [-0.15, -0.1) is 0 Å². The molecule has 1 aliphatic heterocycles. The van der Waals surface area contributed by atoms with Crippen LogP contribution < -0.4 is 20.1 Å². The van der Waals surface area contributed by atoms with E-state index in [1.165, 1.54) is 12.1 Å². The van der Waals surface area contributed by atoms with E-state index in [1.54, 1.807) is 12.1 Å². The molecule has 120 valence electrons. The number of benzene rings is 2. The van der Waals surface area contributed by atoms with Gasteiger partial charge in [-0.25, -0.2) is 4.39 Å². The van der Waals surface area contributed by atoms with Crippen molar-refractivity contribution < 1.29 is 13.9 Å². The average molecular weight is 332 g/mol. The van der Waals surface area contributed by atoms with Crippen molar-refractivity contribution in [2.45, 2.75) is 19.5 Å². The number of ether oxygens (including phenoxy) is 2. The third kappa shape index (κ3) is 3.90. The number of fused-ring (bicyclic) bond motifs is 1. The lowest BCUT2D eigenvalue weighted by molar-refractivity contribution is 0.174. The maximum Gasteiger partial charge on any atom is 0.231 e. The van der Waals surface area contributed by atoms with E-state index in [9.17, 15) is 4.39 Å². The second-order valence-electron chi connectivity index (χ2n) is 5.29. The summed E-state index contributed by atoms with van der Waals surface area (Å²) < 4.78 is 23.5. The highest BCUT2D eigenvalue weighted by atomic mass is 32.1. The van der Waals surface area contributed by atoms with Crippen LogP contribution >= 0.6 is 12.2 Å². The van der Waals surface area contributed by atoms with Crippen LogP contribution in [-0.2, 0) is 6.54 Å². The van der Waals surface area contributed by atoms with Gasteiger partial charge in [0.25, 0.3) is 0 Å². The molecule has 1 aliphatic rings. The Morgan fingerprint density at radius 3 is 2.70 bits per heavy atom. The number of hydrogen-bond donors (Lipinski definition) is 2. The summed E-state index contributed by atoms with van der Waals surface area (Å²) in [6, 6.07) is 12.2. The normalized spacial score (nSPS) is 13.5. The molecule has 0 amide bonds. The highest BCUT2D eigenvalue weighted by Crippen LogP contribution is 2.34. The second kappa shape index (κ2) is 6.83. The zero-order valence-corrected chi connectivity index (χ0v) is 13.5. The maximum atomic E-state index is 12.9. The molecule has 1 atom stereocenters. The molecule has 3 rings (SSSR count). The number of nitrogens with one attached hydrogen (secondary N) is 2. The van der Waals surface area contributed by atoms with Gasteiger partial charge in [-0.2, -0.15) is 0 Å². The van der Waals surface area contributed by atoms with Gasteiger partial charge < -0.3 is 20.1 Å². The molecular weight excluding hydrogens is 315 g/mol. The van der Waals surface area contributed by atoms with Crippen LogP contribution in [0.25, 0.3) is 0 Å². The Hall–Kier alpha value is -2.34. The number of hydrogen-bond acceptors (Lipinski definition) is 3. The summed E-state index contributed by atoms with van der Waals surface area (Å²) in [5.74, 6) is 1.27. The lowest BCUT2D eigenvalue weighted by Gasteiger charge is -2.17. The Labute approximate surface area is 139 Å². The summed E-state index contributed by atoms with van der Waals surface area (Å²) in [7, 11) is 0. The molecule has 2 N–H and O–H groups in total. The van der Waals surface area contributed by atoms with Gasteiger partial charge in [0.1, 0.15) is 5.82 Å². The summed E-state index contributed by atoms with van der Waals surface area (Å²) >= 11 is 5.30. The van der Waals surface area contributed by atoms with Crippen molar-refractivity contribution in [3.63, 3.8) is 0 Å². The molecule has 0 radical (unpaired) electrons. The fraction of sp³-hybridized carbons (Fsp3) is 0.235. The molecule has 23 heavy (non-hydrogen) atoms. The monoisotopic (exact) mass is 332 g/mol. The summed E-state index contributed by atoms with van der Waals surface area (Å²) in [6.07, 6.45) is 0. The van der Waals surface area contributed by atoms with Crippen molar-refractivity contribution in [1.29, 1.82) is 0 Å². The van der Waals surface area contributed by atoms with E-state index < -0.39 is 0 Å². The first-order chi connectivity index (χ1) is 11.1. The van der Waals surface area contributed by atoms with E-state index >= 15 is 0 Å². The highest BCUT2D eigenvalue weighted by Gasteiger charge is 2.16. The zero-order chi connectivity index (χ0) is 16.2. The molecular formula is C17H17FN2O2S. The molecule has 0 saturated heterocycles. The Bertz CT molecular complexity index is 706. The molecule has 0 aromatic heterocycles. The van der Waals surface area contributed by atoms with E-state index in [0.717, 1.165) is 22.6 Å². The lowest BCUT2D eigenvalue weighted by Crippen LogP contribution is -2.36. The number of thiocarbonyl (C=S) groups is 1. The molecule has 0 aliphatic carbocycles. The quantitative estimate of drug-likeness (QED) is 0.841. The van der Waals surface area contributed by atoms with Crippen molar-refractivity contribution >= 4 is 17.3 Å². The van der Waals surface area contributed by atoms with Crippen LogP contribution in [0, 0.1) is 5.82 Å². The molecule has 4 nitrogen and oxygen atoms in total. The standard InChI is InChI=1S/C17H17FN2O2S/c1-11(13-4-7-15-16(8-13)22-10-21-15)20-17(23)19-9-12-2-5-14(18)6-3-12/h2-8,11H,9-10H2,1H3,(H2,19,20,23). The van der Waals surface area contributed by atoms with E-state index in [2.05, 4.69) is 10.6 Å². The van der Waals surface area contributed by atoms with Crippen LogP contribution in [0.2, 0.25) is 0 Å². The van der Waals surface area contributed by atoms with Gasteiger partial charge in [-0.3, -0.25) is 0 Å². The largest absolute Gasteiger partial charge is 0.454 e. The SMILES string of the molecule is CC(NC(=S)NCc1ccc(F)cc1)c1ccc2c(c1)OCO2. The van der Waals surface area contributed by atoms with Crippen LogP contribution in [0.4, 0.5) is 4.39 Å². The van der Waals surface area contributed by atoms with Gasteiger partial charge in [0.05, 0.1) is 6.04 Å². The predicted molar refractivity (Wildman–Crippen MR) is 90.0 cm³/mol. The highest BCUT2D eigenvalue weighted by molar-refractivity contribution is 7.80. The number of rotatable bonds is 4. The fourth-order valence-corrected chi connectivity index (χ4v) is 2.55. The first-order valence-corrected chi connectivity index (χ1v) is 7.71. The van der Waals surface area contributed by atoms with Crippen LogP contribution in [-0.4, -0.2) is 11.9 Å². The Morgan fingerprint density at radius 2 is 1.91 bits per heavy atom. The van der Waals surface area contributed by atoms with E-state index in [-0.39, 0.29) is 18.7 Å². The molecule has 1 heterocycles. The van der Waals surface area contributed by atoms with Crippen molar-refractivity contribution in [2.75, 3.05) is 6.79 Å². The lowest BCUT2D eigenvalue weighted by atomic mass is 10.1. The van der Waals surface area contributed by atoms with Gasteiger partial charge in [-0.1, -0.05) is 18.2 Å². The van der Waals surface area contributed by atoms with Crippen molar-refractivity contribution in [3.8, 4) is 11.5 Å². The predicted octanol–water partition coefficient (Wildman–Crippen LogP) is 3.28. The molecule has 6 heteroatoms. The minimum Gasteiger partial charge on any atom is -0.454 e. The topological polar surface area (TPSA) is 42.5 Å². The van der Waals surface area contributed by atoms with Gasteiger partial charge in [-0.05, 0) is 54.5 Å². The minimum absolute atomic E-state index is 0.0257. The first kappa shape index (κ1) is 15.6. The van der Waals surface area contributed by atoms with Gasteiger partial charge in [0, 0.05) is 6.54 Å². The van der Waals surface area contributed by atoms with Crippen LogP contribution in [0.5, 0.6) is 11.5 Å². The van der Waals surface area contributed by atoms with E-state index in [1.807, 2.05) is 25.1 Å². The Kier molecular flexibility index (Phi) is 4.62. The van der Waals surface area contributed by atoms with E-state index in [0.29, 0.717) is 11.7 Å². The first-order valence-electron chi connectivity index (χ1n) is 7.30. The van der Waals surface area contributed by atoms with Gasteiger partial charge in [0.2, 0.25) is 6.79 Å². The third-order valence-electron chi connectivity index (χ3n) is 3.61. The zero-order valence-electron chi connectivity index (χ0n) is 12.6. The van der Waals surface area contributed by atoms with E-state index in [4.69, 9.17) is 21.7 Å². The third-order valence-corrected chi connectivity index (χ3v) is 3.87. The molecule has 0 spiro atoms. The number of halogens is 1. The summed E-state index contributed by atoms with van der Waals surface area (Å²) in [5, 5.41) is 6.87. The molecule has 1 unspecified atom stereocenters. The average Bonchev–Trinajstić information content (AvgIpc) is 3.02. The van der Waals surface area contributed by atoms with Crippen LogP contribution in [0.3, 0.4) is 0 Å². The molecule has 2 aromatic carbocycles. The van der Waals surface area contributed by atoms with Gasteiger partial charge in [0.15, 0.2) is 16.6 Å². The molecule has 0 bridgehead atoms. The smallest absolute Gasteiger partial charge is 0.231 e. The Balaban J connectivity index is 1.54. The van der Waals surface area contributed by atoms with Crippen molar-refractivity contribution in [1.82, 2.24) is 10.6 Å². The Morgan fingerprint density at radius 1 is 1.17 bits per heavy atom. The van der Waals surface area contributed by atoms with Crippen molar-refractivity contribution in [2.24, 2.45) is 0 Å². The summed E-state index contributed by atoms with van der Waals surface area (Å²) in [5.41, 5.74) is 2.02. The minimum atomic E-state index is -0.245. The van der Waals surface area contributed by atoms with Crippen LogP contribution in [0.15, 0.2) is 42.5 Å². The van der Waals surface area contributed by atoms with Gasteiger partial charge >= 0.3 is 0 Å². The molecule has 2 aromatic rings. The fourth-order valence-electron chi connectivity index (χ4n) is 2.30.